The van der Waals surface area contributed by atoms with Crippen LogP contribution in [-0.2, 0) is 9.53 Å². The van der Waals surface area contributed by atoms with Crippen molar-refractivity contribution in [3.63, 3.8) is 0 Å². The molecular formula is C10H11N3O2. The predicted octanol–water partition coefficient (Wildman–Crippen LogP) is 1.08. The number of ether oxygens (including phenoxy) is 1. The van der Waals surface area contributed by atoms with Crippen molar-refractivity contribution >= 4 is 18.3 Å². The van der Waals surface area contributed by atoms with E-state index < -0.39 is 5.97 Å². The molecule has 0 saturated heterocycles. The summed E-state index contributed by atoms with van der Waals surface area (Å²) in [5.41, 5.74) is 0.668. The Morgan fingerprint density at radius 1 is 1.47 bits per heavy atom. The molecule has 0 fully saturated rings. The minimum Gasteiger partial charge on any atom is -0.464 e. The van der Waals surface area contributed by atoms with Crippen LogP contribution in [0.15, 0.2) is 29.1 Å². The quantitative estimate of drug-likeness (QED) is 0.421. The largest absolute Gasteiger partial charge is 0.464 e. The zero-order valence-corrected chi connectivity index (χ0v) is 8.60. The number of allylic oxidation sites excluding steroid dienone is 1. The lowest BCUT2D eigenvalue weighted by Crippen LogP contribution is -2.06. The summed E-state index contributed by atoms with van der Waals surface area (Å²) in [6.45, 7) is 5.00. The van der Waals surface area contributed by atoms with Crippen LogP contribution in [0.3, 0.4) is 0 Å². The molecule has 0 aliphatic rings. The van der Waals surface area contributed by atoms with Crippen molar-refractivity contribution in [1.82, 2.24) is 9.97 Å². The number of carbonyl (C=O) groups is 1. The molecule has 0 aliphatic carbocycles. The fourth-order valence-corrected chi connectivity index (χ4v) is 1.03. The van der Waals surface area contributed by atoms with E-state index in [1.807, 2.05) is 0 Å². The monoisotopic (exact) mass is 205 g/mol. The van der Waals surface area contributed by atoms with Crippen LogP contribution in [0.5, 0.6) is 0 Å². The summed E-state index contributed by atoms with van der Waals surface area (Å²) >= 11 is 0. The van der Waals surface area contributed by atoms with Crippen molar-refractivity contribution in [2.45, 2.75) is 6.92 Å². The fraction of sp³-hybridized carbons (Fsp3) is 0.200. The number of aliphatic imine (C=N–C) groups is 1. The van der Waals surface area contributed by atoms with Crippen molar-refractivity contribution in [1.29, 1.82) is 0 Å². The smallest absolute Gasteiger partial charge is 0.357 e. The summed E-state index contributed by atoms with van der Waals surface area (Å²) in [6, 6.07) is 1.69. The van der Waals surface area contributed by atoms with Gasteiger partial charge in [-0.1, -0.05) is 0 Å². The van der Waals surface area contributed by atoms with Gasteiger partial charge in [-0.2, -0.15) is 0 Å². The van der Waals surface area contributed by atoms with Crippen molar-refractivity contribution in [3.8, 4) is 0 Å². The highest BCUT2D eigenvalue weighted by atomic mass is 16.5. The minimum absolute atomic E-state index is 0.128. The second-order valence-electron chi connectivity index (χ2n) is 2.70. The third-order valence-electron chi connectivity index (χ3n) is 1.79. The Labute approximate surface area is 87.5 Å². The maximum absolute atomic E-state index is 11.3. The van der Waals surface area contributed by atoms with Crippen LogP contribution in [-0.4, -0.2) is 29.8 Å². The van der Waals surface area contributed by atoms with Gasteiger partial charge < -0.3 is 4.74 Å². The molecule has 1 aromatic heterocycles. The summed E-state index contributed by atoms with van der Waals surface area (Å²) in [7, 11) is 1.28. The number of hydrogen-bond acceptors (Lipinski definition) is 5. The number of esters is 1. The first-order chi connectivity index (χ1) is 7.20. The molecule has 1 aromatic rings. The van der Waals surface area contributed by atoms with E-state index >= 15 is 0 Å². The van der Waals surface area contributed by atoms with Crippen molar-refractivity contribution in [2.24, 2.45) is 4.99 Å². The van der Waals surface area contributed by atoms with Gasteiger partial charge in [0.2, 0.25) is 0 Å². The van der Waals surface area contributed by atoms with Crippen LogP contribution < -0.4 is 0 Å². The molecule has 0 saturated carbocycles. The highest BCUT2D eigenvalue weighted by Crippen LogP contribution is 2.15. The van der Waals surface area contributed by atoms with Gasteiger partial charge in [-0.15, -0.1) is 0 Å². The Balaban J connectivity index is 3.18. The van der Waals surface area contributed by atoms with Gasteiger partial charge in [0.15, 0.2) is 11.5 Å². The average Bonchev–Trinajstić information content (AvgIpc) is 2.30. The van der Waals surface area contributed by atoms with E-state index in [2.05, 4.69) is 26.4 Å². The molecule has 5 nitrogen and oxygen atoms in total. The predicted molar refractivity (Wildman–Crippen MR) is 56.2 cm³/mol. The lowest BCUT2D eigenvalue weighted by molar-refractivity contribution is -0.136. The highest BCUT2D eigenvalue weighted by molar-refractivity contribution is 5.96. The molecule has 0 amide bonds. The number of hydrogen-bond donors (Lipinski definition) is 0. The SMILES string of the molecule is C=NC(C(=O)OC)=C(C)c1ncccn1. The Hall–Kier alpha value is -2.04. The molecule has 5 heteroatoms. The van der Waals surface area contributed by atoms with E-state index in [1.165, 1.54) is 7.11 Å². The van der Waals surface area contributed by atoms with Crippen LogP contribution in [0, 0.1) is 0 Å². The Morgan fingerprint density at radius 2 is 2.07 bits per heavy atom. The van der Waals surface area contributed by atoms with E-state index in [0.717, 1.165) is 0 Å². The second kappa shape index (κ2) is 4.99. The summed E-state index contributed by atoms with van der Waals surface area (Å²) in [5, 5.41) is 0. The van der Waals surface area contributed by atoms with Crippen LogP contribution in [0.2, 0.25) is 0 Å². The molecule has 1 heterocycles. The fourth-order valence-electron chi connectivity index (χ4n) is 1.03. The van der Waals surface area contributed by atoms with Gasteiger partial charge in [0.05, 0.1) is 7.11 Å². The van der Waals surface area contributed by atoms with Gasteiger partial charge in [0.1, 0.15) is 0 Å². The Kier molecular flexibility index (Phi) is 3.68. The molecule has 0 N–H and O–H groups in total. The molecule has 78 valence electrons. The summed E-state index contributed by atoms with van der Waals surface area (Å²) < 4.78 is 4.56. The van der Waals surface area contributed by atoms with Gasteiger partial charge in [0, 0.05) is 18.0 Å². The van der Waals surface area contributed by atoms with Gasteiger partial charge in [-0.25, -0.2) is 14.8 Å². The van der Waals surface area contributed by atoms with Gasteiger partial charge in [-0.05, 0) is 19.7 Å². The first kappa shape index (κ1) is 11.0. The van der Waals surface area contributed by atoms with Crippen molar-refractivity contribution in [3.05, 3.63) is 30.0 Å². The van der Waals surface area contributed by atoms with Gasteiger partial charge in [-0.3, -0.25) is 4.99 Å². The number of rotatable bonds is 3. The molecule has 1 rings (SSSR count). The van der Waals surface area contributed by atoms with E-state index in [0.29, 0.717) is 11.4 Å². The van der Waals surface area contributed by atoms with E-state index in [1.54, 1.807) is 25.4 Å². The normalized spacial score (nSPS) is 11.6. The molecule has 0 aliphatic heterocycles. The zero-order chi connectivity index (χ0) is 11.3. The first-order valence-corrected chi connectivity index (χ1v) is 4.24. The van der Waals surface area contributed by atoms with Gasteiger partial charge >= 0.3 is 5.97 Å². The number of methoxy groups -OCH3 is 1. The van der Waals surface area contributed by atoms with Crippen LogP contribution in [0.1, 0.15) is 12.7 Å². The topological polar surface area (TPSA) is 64.4 Å². The van der Waals surface area contributed by atoms with Gasteiger partial charge in [0.25, 0.3) is 0 Å². The third kappa shape index (κ3) is 2.46. The second-order valence-corrected chi connectivity index (χ2v) is 2.70. The molecular weight excluding hydrogens is 194 g/mol. The number of aromatic nitrogens is 2. The summed E-state index contributed by atoms with van der Waals surface area (Å²) in [5.74, 6) is -0.111. The maximum atomic E-state index is 11.3. The van der Waals surface area contributed by atoms with Crippen LogP contribution in [0.25, 0.3) is 5.57 Å². The molecule has 0 unspecified atom stereocenters. The minimum atomic E-state index is -0.546. The lowest BCUT2D eigenvalue weighted by Gasteiger charge is -2.03. The van der Waals surface area contributed by atoms with Crippen LogP contribution >= 0.6 is 0 Å². The molecule has 0 spiro atoms. The first-order valence-electron chi connectivity index (χ1n) is 4.24. The van der Waals surface area contributed by atoms with Crippen molar-refractivity contribution in [2.75, 3.05) is 7.11 Å². The zero-order valence-electron chi connectivity index (χ0n) is 8.60. The molecule has 0 atom stereocenters. The van der Waals surface area contributed by atoms with Crippen molar-refractivity contribution < 1.29 is 9.53 Å². The molecule has 15 heavy (non-hydrogen) atoms. The summed E-state index contributed by atoms with van der Waals surface area (Å²) in [6.07, 6.45) is 3.17. The van der Waals surface area contributed by atoms with E-state index in [9.17, 15) is 4.79 Å². The molecule has 0 bridgehead atoms. The Bertz CT molecular complexity index is 398. The van der Waals surface area contributed by atoms with E-state index in [4.69, 9.17) is 0 Å². The average molecular weight is 205 g/mol. The molecule has 0 radical (unpaired) electrons. The standard InChI is InChI=1S/C10H11N3O2/c1-7(8(11-2)10(14)15-3)9-12-5-4-6-13-9/h4-6H,2H2,1,3H3. The maximum Gasteiger partial charge on any atom is 0.357 e. The number of carbonyl (C=O) groups excluding carboxylic acids is 1. The van der Waals surface area contributed by atoms with Crippen LogP contribution in [0.4, 0.5) is 0 Å². The highest BCUT2D eigenvalue weighted by Gasteiger charge is 2.13. The van der Waals surface area contributed by atoms with E-state index in [-0.39, 0.29) is 5.70 Å². The summed E-state index contributed by atoms with van der Waals surface area (Å²) in [4.78, 5) is 22.9. The Morgan fingerprint density at radius 3 is 2.53 bits per heavy atom. The molecule has 0 aromatic carbocycles. The third-order valence-corrected chi connectivity index (χ3v) is 1.79. The lowest BCUT2D eigenvalue weighted by atomic mass is 10.2. The number of nitrogens with zero attached hydrogens (tertiary/aromatic N) is 3.